The molecule has 0 fully saturated rings. The molecule has 2 N–H and O–H groups in total. The van der Waals surface area contributed by atoms with Crippen molar-refractivity contribution in [2.75, 3.05) is 11.9 Å². The molecule has 1 aromatic carbocycles. The Bertz CT molecular complexity index is 412. The van der Waals surface area contributed by atoms with Crippen LogP contribution in [0.25, 0.3) is 0 Å². The highest BCUT2D eigenvalue weighted by Crippen LogP contribution is 2.26. The summed E-state index contributed by atoms with van der Waals surface area (Å²) in [5.74, 6) is -0.0436. The molecule has 1 aliphatic rings. The largest absolute Gasteiger partial charge is 0.320 e. The van der Waals surface area contributed by atoms with Crippen LogP contribution in [0.2, 0.25) is 0 Å². The van der Waals surface area contributed by atoms with Gasteiger partial charge in [0.05, 0.1) is 6.04 Å². The zero-order valence-electron chi connectivity index (χ0n) is 9.86. The Labute approximate surface area is 96.2 Å². The third-order valence-corrected chi connectivity index (χ3v) is 3.19. The van der Waals surface area contributed by atoms with Crippen LogP contribution < -0.4 is 10.6 Å². The average Bonchev–Trinajstić information content (AvgIpc) is 2.73. The van der Waals surface area contributed by atoms with Gasteiger partial charge in [-0.05, 0) is 49.4 Å². The van der Waals surface area contributed by atoms with Gasteiger partial charge < -0.3 is 10.6 Å². The predicted molar refractivity (Wildman–Crippen MR) is 65.5 cm³/mol. The number of anilines is 1. The first-order chi connectivity index (χ1) is 7.59. The van der Waals surface area contributed by atoms with E-state index < -0.39 is 6.04 Å². The number of benzene rings is 1. The minimum atomic E-state index is -0.446. The van der Waals surface area contributed by atoms with Gasteiger partial charge in [-0.3, -0.25) is 4.79 Å². The molecule has 0 saturated heterocycles. The number of likely N-dealkylation sites (N-methyl/N-ethyl adjacent to an activating group) is 1. The Morgan fingerprint density at radius 3 is 2.75 bits per heavy atom. The summed E-state index contributed by atoms with van der Waals surface area (Å²) in [4.78, 5) is 13.4. The van der Waals surface area contributed by atoms with Crippen LogP contribution in [0.3, 0.4) is 0 Å². The van der Waals surface area contributed by atoms with E-state index in [-0.39, 0.29) is 5.91 Å². The number of hydrogen-bond donors (Lipinski definition) is 1. The maximum absolute atomic E-state index is 11.7. The first-order valence-electron chi connectivity index (χ1n) is 5.74. The van der Waals surface area contributed by atoms with Gasteiger partial charge in [0.25, 0.3) is 0 Å². The molecule has 0 heterocycles. The van der Waals surface area contributed by atoms with Gasteiger partial charge in [-0.2, -0.15) is 0 Å². The second kappa shape index (κ2) is 4.26. The quantitative estimate of drug-likeness (QED) is 0.817. The number of aryl methyl sites for hydroxylation is 2. The Kier molecular flexibility index (Phi) is 2.97. The SMILES string of the molecule is CC(N)C(=O)N(C)c1ccc2c(c1)CCC2. The number of carbonyl (C=O) groups excluding carboxylic acids is 1. The third-order valence-electron chi connectivity index (χ3n) is 3.19. The van der Waals surface area contributed by atoms with Crippen molar-refractivity contribution in [3.8, 4) is 0 Å². The summed E-state index contributed by atoms with van der Waals surface area (Å²) in [6, 6.07) is 5.80. The number of fused-ring (bicyclic) bond motifs is 1. The van der Waals surface area contributed by atoms with Crippen LogP contribution in [0, 0.1) is 0 Å². The molecule has 2 rings (SSSR count). The molecule has 1 unspecified atom stereocenters. The summed E-state index contributed by atoms with van der Waals surface area (Å²) >= 11 is 0. The molecule has 0 saturated carbocycles. The summed E-state index contributed by atoms with van der Waals surface area (Å²) < 4.78 is 0. The Hall–Kier alpha value is -1.35. The Morgan fingerprint density at radius 2 is 2.06 bits per heavy atom. The second-order valence-electron chi connectivity index (χ2n) is 4.49. The summed E-state index contributed by atoms with van der Waals surface area (Å²) in [5.41, 5.74) is 9.34. The van der Waals surface area contributed by atoms with Gasteiger partial charge in [-0.25, -0.2) is 0 Å². The minimum Gasteiger partial charge on any atom is -0.320 e. The smallest absolute Gasteiger partial charge is 0.243 e. The van der Waals surface area contributed by atoms with Crippen LogP contribution in [0.15, 0.2) is 18.2 Å². The number of hydrogen-bond acceptors (Lipinski definition) is 2. The molecule has 1 aliphatic carbocycles. The summed E-state index contributed by atoms with van der Waals surface area (Å²) in [6.07, 6.45) is 3.52. The lowest BCUT2D eigenvalue weighted by molar-refractivity contribution is -0.119. The lowest BCUT2D eigenvalue weighted by Gasteiger charge is -2.20. The highest BCUT2D eigenvalue weighted by molar-refractivity contribution is 5.96. The van der Waals surface area contributed by atoms with Gasteiger partial charge in [0.1, 0.15) is 0 Å². The first-order valence-corrected chi connectivity index (χ1v) is 5.74. The zero-order chi connectivity index (χ0) is 11.7. The topological polar surface area (TPSA) is 46.3 Å². The van der Waals surface area contributed by atoms with Crippen molar-refractivity contribution in [1.29, 1.82) is 0 Å². The Balaban J connectivity index is 2.24. The highest BCUT2D eigenvalue weighted by atomic mass is 16.2. The van der Waals surface area contributed by atoms with E-state index in [1.807, 2.05) is 6.07 Å². The number of nitrogens with two attached hydrogens (primary N) is 1. The van der Waals surface area contributed by atoms with Crippen molar-refractivity contribution in [2.45, 2.75) is 32.2 Å². The maximum atomic E-state index is 11.7. The van der Waals surface area contributed by atoms with E-state index in [1.165, 1.54) is 24.0 Å². The Morgan fingerprint density at radius 1 is 1.38 bits per heavy atom. The van der Waals surface area contributed by atoms with Gasteiger partial charge >= 0.3 is 0 Å². The van der Waals surface area contributed by atoms with Crippen molar-refractivity contribution >= 4 is 11.6 Å². The van der Waals surface area contributed by atoms with Gasteiger partial charge in [0, 0.05) is 12.7 Å². The first kappa shape index (κ1) is 11.1. The van der Waals surface area contributed by atoms with Crippen molar-refractivity contribution in [1.82, 2.24) is 0 Å². The van der Waals surface area contributed by atoms with Gasteiger partial charge in [0.2, 0.25) is 5.91 Å². The zero-order valence-corrected chi connectivity index (χ0v) is 9.86. The molecule has 0 spiro atoms. The van der Waals surface area contributed by atoms with Crippen LogP contribution in [-0.2, 0) is 17.6 Å². The maximum Gasteiger partial charge on any atom is 0.243 e. The second-order valence-corrected chi connectivity index (χ2v) is 4.49. The van der Waals surface area contributed by atoms with E-state index in [1.54, 1.807) is 18.9 Å². The molecule has 1 aromatic rings. The van der Waals surface area contributed by atoms with Gasteiger partial charge in [-0.1, -0.05) is 6.07 Å². The van der Waals surface area contributed by atoms with Crippen molar-refractivity contribution < 1.29 is 4.79 Å². The molecular formula is C13H18N2O. The summed E-state index contributed by atoms with van der Waals surface area (Å²) in [5, 5.41) is 0. The third kappa shape index (κ3) is 1.95. The lowest BCUT2D eigenvalue weighted by Crippen LogP contribution is -2.39. The molecule has 1 atom stereocenters. The molecule has 3 nitrogen and oxygen atoms in total. The molecule has 16 heavy (non-hydrogen) atoms. The van der Waals surface area contributed by atoms with Crippen molar-refractivity contribution in [3.05, 3.63) is 29.3 Å². The molecule has 1 amide bonds. The normalized spacial score (nSPS) is 15.7. The van der Waals surface area contributed by atoms with Crippen LogP contribution >= 0.6 is 0 Å². The van der Waals surface area contributed by atoms with Gasteiger partial charge in [-0.15, -0.1) is 0 Å². The standard InChI is InChI=1S/C13H18N2O/c1-9(14)13(16)15(2)12-7-6-10-4-3-5-11(10)8-12/h6-9H,3-5,14H2,1-2H3. The molecule has 0 bridgehead atoms. The lowest BCUT2D eigenvalue weighted by atomic mass is 10.1. The highest BCUT2D eigenvalue weighted by Gasteiger charge is 2.17. The number of amides is 1. The molecule has 3 heteroatoms. The molecule has 0 aromatic heterocycles. The number of nitrogens with zero attached hydrogens (tertiary/aromatic N) is 1. The number of carbonyl (C=O) groups is 1. The van der Waals surface area contributed by atoms with Crippen molar-refractivity contribution in [2.24, 2.45) is 5.73 Å². The fourth-order valence-corrected chi connectivity index (χ4v) is 2.20. The molecule has 86 valence electrons. The summed E-state index contributed by atoms with van der Waals surface area (Å²) in [6.45, 7) is 1.71. The van der Waals surface area contributed by atoms with Crippen LogP contribution in [-0.4, -0.2) is 19.0 Å². The van der Waals surface area contributed by atoms with E-state index in [0.717, 1.165) is 12.1 Å². The monoisotopic (exact) mass is 218 g/mol. The van der Waals surface area contributed by atoms with E-state index in [2.05, 4.69) is 12.1 Å². The average molecular weight is 218 g/mol. The molecule has 0 aliphatic heterocycles. The van der Waals surface area contributed by atoms with E-state index in [0.29, 0.717) is 0 Å². The number of rotatable bonds is 2. The fourth-order valence-electron chi connectivity index (χ4n) is 2.20. The van der Waals surface area contributed by atoms with E-state index in [4.69, 9.17) is 5.73 Å². The van der Waals surface area contributed by atoms with Crippen LogP contribution in [0.1, 0.15) is 24.5 Å². The molecular weight excluding hydrogens is 200 g/mol. The van der Waals surface area contributed by atoms with E-state index in [9.17, 15) is 4.79 Å². The van der Waals surface area contributed by atoms with Gasteiger partial charge in [0.15, 0.2) is 0 Å². The summed E-state index contributed by atoms with van der Waals surface area (Å²) in [7, 11) is 1.78. The van der Waals surface area contributed by atoms with Crippen LogP contribution in [0.4, 0.5) is 5.69 Å². The fraction of sp³-hybridized carbons (Fsp3) is 0.462. The minimum absolute atomic E-state index is 0.0436. The van der Waals surface area contributed by atoms with Crippen molar-refractivity contribution in [3.63, 3.8) is 0 Å². The predicted octanol–water partition coefficient (Wildman–Crippen LogP) is 1.49. The molecule has 0 radical (unpaired) electrons. The van der Waals surface area contributed by atoms with Crippen LogP contribution in [0.5, 0.6) is 0 Å². The van der Waals surface area contributed by atoms with E-state index >= 15 is 0 Å².